The summed E-state index contributed by atoms with van der Waals surface area (Å²) in [7, 11) is 0. The van der Waals surface area contributed by atoms with Crippen molar-refractivity contribution < 1.29 is 4.39 Å². The number of hydrogen-bond acceptors (Lipinski definition) is 2. The molecule has 1 heterocycles. The second-order valence-corrected chi connectivity index (χ2v) is 2.18. The van der Waals surface area contributed by atoms with Crippen molar-refractivity contribution in [2.75, 3.05) is 6.67 Å². The molecule has 0 saturated carbocycles. The number of rotatable bonds is 3. The predicted molar refractivity (Wildman–Crippen MR) is 50.7 cm³/mol. The van der Waals surface area contributed by atoms with Crippen LogP contribution in [-0.2, 0) is 6.42 Å². The van der Waals surface area contributed by atoms with E-state index in [2.05, 4.69) is 9.97 Å². The molecule has 0 aromatic carbocycles. The zero-order chi connectivity index (χ0) is 7.40. The van der Waals surface area contributed by atoms with E-state index in [1.807, 2.05) is 0 Å². The highest BCUT2D eigenvalue weighted by molar-refractivity contribution is 5.85. The molecule has 0 aliphatic carbocycles. The van der Waals surface area contributed by atoms with Crippen LogP contribution in [0.15, 0.2) is 12.5 Å². The summed E-state index contributed by atoms with van der Waals surface area (Å²) in [5.74, 6) is 0. The average Bonchev–Trinajstić information content (AvgIpc) is 2.40. The van der Waals surface area contributed by atoms with Gasteiger partial charge in [-0.1, -0.05) is 0 Å². The summed E-state index contributed by atoms with van der Waals surface area (Å²) in [5, 5.41) is 0. The molecule has 1 rings (SSSR count). The Morgan fingerprint density at radius 3 is 2.67 bits per heavy atom. The largest absolute Gasteiger partial charge is 0.351 e. The van der Waals surface area contributed by atoms with Crippen molar-refractivity contribution in [1.29, 1.82) is 0 Å². The third-order valence-electron chi connectivity index (χ3n) is 1.22. The molecule has 0 radical (unpaired) electrons. The Labute approximate surface area is 82.8 Å². The molecule has 0 fully saturated rings. The lowest BCUT2D eigenvalue weighted by molar-refractivity contribution is 0.425. The lowest BCUT2D eigenvalue weighted by atomic mass is 10.2. The van der Waals surface area contributed by atoms with Gasteiger partial charge >= 0.3 is 0 Å². The molecule has 0 spiro atoms. The first kappa shape index (κ1) is 14.2. The summed E-state index contributed by atoms with van der Waals surface area (Å²) in [5.41, 5.74) is 6.15. The van der Waals surface area contributed by atoms with Crippen molar-refractivity contribution in [1.82, 2.24) is 9.97 Å². The Morgan fingerprint density at radius 2 is 2.25 bits per heavy atom. The third kappa shape index (κ3) is 4.54. The molecular weight excluding hydrogens is 204 g/mol. The summed E-state index contributed by atoms with van der Waals surface area (Å²) in [6.07, 6.45) is 3.77. The first-order valence-corrected chi connectivity index (χ1v) is 3.12. The maximum Gasteiger partial charge on any atom is 0.105 e. The lowest BCUT2D eigenvalue weighted by Gasteiger charge is -2.01. The van der Waals surface area contributed by atoms with E-state index in [0.717, 1.165) is 5.69 Å². The number of hydrogen-bond donors (Lipinski definition) is 2. The molecule has 0 unspecified atom stereocenters. The molecule has 1 atom stereocenters. The summed E-state index contributed by atoms with van der Waals surface area (Å²) < 4.78 is 11.8. The molecule has 6 heteroatoms. The Morgan fingerprint density at radius 1 is 1.58 bits per heavy atom. The number of alkyl halides is 1. The van der Waals surface area contributed by atoms with E-state index < -0.39 is 12.7 Å². The second-order valence-electron chi connectivity index (χ2n) is 2.18. The zero-order valence-corrected chi connectivity index (χ0v) is 8.00. The number of nitrogens with one attached hydrogen (secondary N) is 1. The molecule has 0 aliphatic rings. The van der Waals surface area contributed by atoms with E-state index >= 15 is 0 Å². The van der Waals surface area contributed by atoms with Crippen LogP contribution in [0.4, 0.5) is 4.39 Å². The minimum Gasteiger partial charge on any atom is -0.351 e. The smallest absolute Gasteiger partial charge is 0.105 e. The maximum atomic E-state index is 11.8. The van der Waals surface area contributed by atoms with Crippen molar-refractivity contribution in [2.45, 2.75) is 12.5 Å². The van der Waals surface area contributed by atoms with E-state index in [9.17, 15) is 4.39 Å². The van der Waals surface area contributed by atoms with Crippen molar-refractivity contribution >= 4 is 24.8 Å². The first-order valence-electron chi connectivity index (χ1n) is 3.12. The SMILES string of the molecule is Cl.Cl.N[C@@H](CF)Cc1c[nH]cn1. The fourth-order valence-electron chi connectivity index (χ4n) is 0.726. The van der Waals surface area contributed by atoms with Crippen molar-refractivity contribution in [2.24, 2.45) is 5.73 Å². The highest BCUT2D eigenvalue weighted by atomic mass is 35.5. The van der Waals surface area contributed by atoms with E-state index in [-0.39, 0.29) is 24.8 Å². The van der Waals surface area contributed by atoms with Gasteiger partial charge in [-0.25, -0.2) is 9.37 Å². The Balaban J connectivity index is 0. The highest BCUT2D eigenvalue weighted by Gasteiger charge is 2.03. The van der Waals surface area contributed by atoms with Gasteiger partial charge in [0.1, 0.15) is 6.67 Å². The molecule has 0 amide bonds. The summed E-state index contributed by atoms with van der Waals surface area (Å²) in [4.78, 5) is 6.67. The number of aromatic amines is 1. The molecule has 12 heavy (non-hydrogen) atoms. The fourth-order valence-corrected chi connectivity index (χ4v) is 0.726. The van der Waals surface area contributed by atoms with Crippen LogP contribution in [0.1, 0.15) is 5.69 Å². The van der Waals surface area contributed by atoms with Crippen molar-refractivity contribution in [3.05, 3.63) is 18.2 Å². The summed E-state index contributed by atoms with van der Waals surface area (Å²) in [6.45, 7) is -0.493. The normalized spacial score (nSPS) is 11.2. The van der Waals surface area contributed by atoms with Crippen LogP contribution in [0, 0.1) is 0 Å². The van der Waals surface area contributed by atoms with Crippen molar-refractivity contribution in [3.63, 3.8) is 0 Å². The first-order chi connectivity index (χ1) is 4.83. The van der Waals surface area contributed by atoms with Gasteiger partial charge in [0.05, 0.1) is 12.0 Å². The van der Waals surface area contributed by atoms with Crippen LogP contribution in [0.3, 0.4) is 0 Å². The lowest BCUT2D eigenvalue weighted by Crippen LogP contribution is -2.24. The monoisotopic (exact) mass is 215 g/mol. The summed E-state index contributed by atoms with van der Waals surface area (Å²) in [6, 6.07) is -0.414. The van der Waals surface area contributed by atoms with Gasteiger partial charge in [-0.2, -0.15) is 0 Å². The zero-order valence-electron chi connectivity index (χ0n) is 6.37. The Bertz CT molecular complexity index is 181. The second kappa shape index (κ2) is 7.34. The highest BCUT2D eigenvalue weighted by Crippen LogP contribution is 1.95. The number of nitrogens with two attached hydrogens (primary N) is 1. The number of nitrogens with zero attached hydrogens (tertiary/aromatic N) is 1. The maximum absolute atomic E-state index is 11.8. The molecule has 3 N–H and O–H groups in total. The Kier molecular flexibility index (Phi) is 8.69. The van der Waals surface area contributed by atoms with Gasteiger partial charge in [0, 0.05) is 18.7 Å². The minimum atomic E-state index is -0.493. The third-order valence-corrected chi connectivity index (χ3v) is 1.22. The molecule has 0 saturated heterocycles. The van der Waals surface area contributed by atoms with E-state index in [1.54, 1.807) is 12.5 Å². The van der Waals surface area contributed by atoms with E-state index in [1.165, 1.54) is 0 Å². The minimum absolute atomic E-state index is 0. The van der Waals surface area contributed by atoms with Gasteiger partial charge in [0.2, 0.25) is 0 Å². The topological polar surface area (TPSA) is 54.7 Å². The quantitative estimate of drug-likeness (QED) is 0.794. The Hall–Kier alpha value is -0.320. The molecular formula is C6H12Cl2FN3. The van der Waals surface area contributed by atoms with E-state index in [4.69, 9.17) is 5.73 Å². The number of aromatic nitrogens is 2. The fraction of sp³-hybridized carbons (Fsp3) is 0.500. The molecule has 0 bridgehead atoms. The number of imidazole rings is 1. The van der Waals surface area contributed by atoms with Crippen LogP contribution < -0.4 is 5.73 Å². The van der Waals surface area contributed by atoms with Gasteiger partial charge in [0.15, 0.2) is 0 Å². The molecule has 3 nitrogen and oxygen atoms in total. The van der Waals surface area contributed by atoms with Gasteiger partial charge in [-0.05, 0) is 0 Å². The van der Waals surface area contributed by atoms with Gasteiger partial charge < -0.3 is 10.7 Å². The summed E-state index contributed by atoms with van der Waals surface area (Å²) >= 11 is 0. The molecule has 72 valence electrons. The van der Waals surface area contributed by atoms with Crippen LogP contribution in [0.25, 0.3) is 0 Å². The molecule has 0 aliphatic heterocycles. The molecule has 1 aromatic heterocycles. The van der Waals surface area contributed by atoms with Gasteiger partial charge in [-0.3, -0.25) is 0 Å². The standard InChI is InChI=1S/C6H10FN3.2ClH/c7-2-5(8)1-6-3-9-4-10-6;;/h3-5H,1-2,8H2,(H,9,10);2*1H/t5-;;/m1../s1. The van der Waals surface area contributed by atoms with Gasteiger partial charge in [-0.15, -0.1) is 24.8 Å². The van der Waals surface area contributed by atoms with Crippen LogP contribution >= 0.6 is 24.8 Å². The van der Waals surface area contributed by atoms with Gasteiger partial charge in [0.25, 0.3) is 0 Å². The predicted octanol–water partition coefficient (Wildman–Crippen LogP) is 1.09. The van der Waals surface area contributed by atoms with Crippen LogP contribution in [0.5, 0.6) is 0 Å². The van der Waals surface area contributed by atoms with Crippen LogP contribution in [-0.4, -0.2) is 22.7 Å². The number of H-pyrrole nitrogens is 1. The van der Waals surface area contributed by atoms with Crippen molar-refractivity contribution in [3.8, 4) is 0 Å². The molecule has 1 aromatic rings. The van der Waals surface area contributed by atoms with Crippen LogP contribution in [0.2, 0.25) is 0 Å². The number of halogens is 3. The van der Waals surface area contributed by atoms with E-state index in [0.29, 0.717) is 6.42 Å². The average molecular weight is 216 g/mol.